The highest BCUT2D eigenvalue weighted by atomic mass is 19.1. The van der Waals surface area contributed by atoms with Gasteiger partial charge in [-0.1, -0.05) is 49.4 Å². The van der Waals surface area contributed by atoms with E-state index in [2.05, 4.69) is 5.32 Å². The molecule has 0 aliphatic carbocycles. The fourth-order valence-corrected chi connectivity index (χ4v) is 2.29. The number of carbonyl (C=O) groups is 1. The number of aliphatic hydroxyl groups is 1. The standard InChI is InChI=1S/C18H19F2NO2/c1-2-13-8-9-16(20)14(10-13)11-21-17(22)18(23,12-19)15-6-4-3-5-7-15/h3-10,23H,2,11-12H2,1H3,(H,21,22). The van der Waals surface area contributed by atoms with Crippen LogP contribution >= 0.6 is 0 Å². The zero-order valence-corrected chi connectivity index (χ0v) is 12.9. The molecule has 1 unspecified atom stereocenters. The first-order valence-electron chi connectivity index (χ1n) is 7.40. The van der Waals surface area contributed by atoms with Crippen molar-refractivity contribution in [3.63, 3.8) is 0 Å². The molecule has 0 saturated carbocycles. The Morgan fingerprint density at radius 3 is 2.52 bits per heavy atom. The summed E-state index contributed by atoms with van der Waals surface area (Å²) < 4.78 is 27.1. The van der Waals surface area contributed by atoms with E-state index in [1.54, 1.807) is 30.3 Å². The molecule has 1 amide bonds. The van der Waals surface area contributed by atoms with Crippen molar-refractivity contribution >= 4 is 5.91 Å². The summed E-state index contributed by atoms with van der Waals surface area (Å²) in [6, 6.07) is 12.5. The molecule has 0 spiro atoms. The minimum atomic E-state index is -2.28. The molecule has 0 aliphatic rings. The van der Waals surface area contributed by atoms with Gasteiger partial charge in [0.1, 0.15) is 12.5 Å². The molecule has 2 rings (SSSR count). The molecule has 0 aliphatic heterocycles. The van der Waals surface area contributed by atoms with Crippen LogP contribution in [-0.4, -0.2) is 17.7 Å². The van der Waals surface area contributed by atoms with E-state index >= 15 is 0 Å². The SMILES string of the molecule is CCc1ccc(F)c(CNC(=O)C(O)(CF)c2ccccc2)c1. The first-order chi connectivity index (χ1) is 11.0. The number of nitrogens with one attached hydrogen (secondary N) is 1. The molecule has 122 valence electrons. The van der Waals surface area contributed by atoms with Gasteiger partial charge in [-0.3, -0.25) is 4.79 Å². The summed E-state index contributed by atoms with van der Waals surface area (Å²) in [5.74, 6) is -1.35. The number of amides is 1. The van der Waals surface area contributed by atoms with Crippen molar-refractivity contribution in [3.8, 4) is 0 Å². The lowest BCUT2D eigenvalue weighted by Gasteiger charge is -2.24. The molecule has 2 aromatic rings. The summed E-state index contributed by atoms with van der Waals surface area (Å²) in [6.45, 7) is 0.556. The Kier molecular flexibility index (Phi) is 5.45. The van der Waals surface area contributed by atoms with Crippen molar-refractivity contribution in [2.24, 2.45) is 0 Å². The van der Waals surface area contributed by atoms with Crippen LogP contribution in [0, 0.1) is 5.82 Å². The van der Waals surface area contributed by atoms with E-state index in [4.69, 9.17) is 0 Å². The third-order valence-corrected chi connectivity index (χ3v) is 3.78. The van der Waals surface area contributed by atoms with E-state index in [1.807, 2.05) is 6.92 Å². The lowest BCUT2D eigenvalue weighted by Crippen LogP contribution is -2.46. The summed E-state index contributed by atoms with van der Waals surface area (Å²) in [5, 5.41) is 12.7. The molecule has 1 atom stereocenters. The second-order valence-corrected chi connectivity index (χ2v) is 5.32. The van der Waals surface area contributed by atoms with Crippen LogP contribution in [0.25, 0.3) is 0 Å². The van der Waals surface area contributed by atoms with Gasteiger partial charge in [0.25, 0.3) is 5.91 Å². The maximum absolute atomic E-state index is 13.8. The summed E-state index contributed by atoms with van der Waals surface area (Å²) in [7, 11) is 0. The average Bonchev–Trinajstić information content (AvgIpc) is 2.60. The number of aryl methyl sites for hydroxylation is 1. The van der Waals surface area contributed by atoms with E-state index in [1.165, 1.54) is 18.2 Å². The Morgan fingerprint density at radius 1 is 1.22 bits per heavy atom. The summed E-state index contributed by atoms with van der Waals surface area (Å²) in [6.07, 6.45) is 0.736. The molecule has 3 nitrogen and oxygen atoms in total. The monoisotopic (exact) mass is 319 g/mol. The highest BCUT2D eigenvalue weighted by Gasteiger charge is 2.38. The Labute approximate surface area is 134 Å². The predicted octanol–water partition coefficient (Wildman–Crippen LogP) is 2.86. The molecular weight excluding hydrogens is 300 g/mol. The topological polar surface area (TPSA) is 49.3 Å². The van der Waals surface area contributed by atoms with Gasteiger partial charge in [0.05, 0.1) is 0 Å². The smallest absolute Gasteiger partial charge is 0.259 e. The van der Waals surface area contributed by atoms with Gasteiger partial charge < -0.3 is 10.4 Å². The van der Waals surface area contributed by atoms with E-state index in [-0.39, 0.29) is 12.1 Å². The Balaban J connectivity index is 2.15. The second kappa shape index (κ2) is 7.33. The van der Waals surface area contributed by atoms with Gasteiger partial charge in [-0.2, -0.15) is 0 Å². The maximum atomic E-state index is 13.8. The summed E-state index contributed by atoms with van der Waals surface area (Å²) >= 11 is 0. The zero-order valence-electron chi connectivity index (χ0n) is 12.9. The highest BCUT2D eigenvalue weighted by Crippen LogP contribution is 2.22. The third kappa shape index (κ3) is 3.74. The van der Waals surface area contributed by atoms with Gasteiger partial charge in [0.2, 0.25) is 0 Å². The van der Waals surface area contributed by atoms with Crippen LogP contribution < -0.4 is 5.32 Å². The molecule has 0 fully saturated rings. The molecule has 0 aromatic heterocycles. The average molecular weight is 319 g/mol. The van der Waals surface area contributed by atoms with E-state index < -0.39 is 24.0 Å². The van der Waals surface area contributed by atoms with Gasteiger partial charge >= 0.3 is 0 Å². The molecule has 2 N–H and O–H groups in total. The number of rotatable bonds is 6. The van der Waals surface area contributed by atoms with Gasteiger partial charge in [-0.25, -0.2) is 8.78 Å². The van der Waals surface area contributed by atoms with Crippen molar-refractivity contribution < 1.29 is 18.7 Å². The van der Waals surface area contributed by atoms with Crippen LogP contribution in [0.15, 0.2) is 48.5 Å². The van der Waals surface area contributed by atoms with Crippen molar-refractivity contribution in [2.45, 2.75) is 25.5 Å². The van der Waals surface area contributed by atoms with Gasteiger partial charge in [-0.15, -0.1) is 0 Å². The van der Waals surface area contributed by atoms with Crippen LogP contribution in [0.5, 0.6) is 0 Å². The second-order valence-electron chi connectivity index (χ2n) is 5.32. The Bertz CT molecular complexity index is 676. The van der Waals surface area contributed by atoms with Gasteiger partial charge in [0, 0.05) is 12.1 Å². The Morgan fingerprint density at radius 2 is 1.91 bits per heavy atom. The first-order valence-corrected chi connectivity index (χ1v) is 7.40. The van der Waals surface area contributed by atoms with Crippen molar-refractivity contribution in [2.75, 3.05) is 6.67 Å². The minimum absolute atomic E-state index is 0.117. The number of alkyl halides is 1. The molecule has 0 saturated heterocycles. The minimum Gasteiger partial charge on any atom is -0.373 e. The number of carbonyl (C=O) groups excluding carboxylic acids is 1. The summed E-state index contributed by atoms with van der Waals surface area (Å²) in [4.78, 5) is 12.2. The van der Waals surface area contributed by atoms with Crippen LogP contribution in [0.1, 0.15) is 23.6 Å². The highest BCUT2D eigenvalue weighted by molar-refractivity contribution is 5.86. The first kappa shape index (κ1) is 17.1. The molecular formula is C18H19F2NO2. The summed E-state index contributed by atoms with van der Waals surface area (Å²) in [5.41, 5.74) is -0.894. The predicted molar refractivity (Wildman–Crippen MR) is 83.9 cm³/mol. The lowest BCUT2D eigenvalue weighted by atomic mass is 9.94. The molecule has 2 aromatic carbocycles. The third-order valence-electron chi connectivity index (χ3n) is 3.78. The van der Waals surface area contributed by atoms with E-state index in [9.17, 15) is 18.7 Å². The van der Waals surface area contributed by atoms with Crippen LogP contribution in [0.3, 0.4) is 0 Å². The van der Waals surface area contributed by atoms with Crippen molar-refractivity contribution in [1.82, 2.24) is 5.32 Å². The zero-order chi connectivity index (χ0) is 16.9. The number of halogens is 2. The van der Waals surface area contributed by atoms with Gasteiger partial charge in [0.15, 0.2) is 5.60 Å². The lowest BCUT2D eigenvalue weighted by molar-refractivity contribution is -0.142. The number of benzene rings is 2. The molecule has 0 radical (unpaired) electrons. The maximum Gasteiger partial charge on any atom is 0.259 e. The van der Waals surface area contributed by atoms with Crippen molar-refractivity contribution in [1.29, 1.82) is 0 Å². The van der Waals surface area contributed by atoms with E-state index in [0.717, 1.165) is 12.0 Å². The molecule has 5 heteroatoms. The number of hydrogen-bond donors (Lipinski definition) is 2. The normalized spacial score (nSPS) is 13.4. The van der Waals surface area contributed by atoms with Crippen LogP contribution in [-0.2, 0) is 23.4 Å². The Hall–Kier alpha value is -2.27. The van der Waals surface area contributed by atoms with E-state index in [0.29, 0.717) is 5.56 Å². The molecule has 0 heterocycles. The largest absolute Gasteiger partial charge is 0.373 e. The molecule has 23 heavy (non-hydrogen) atoms. The quantitative estimate of drug-likeness (QED) is 0.860. The van der Waals surface area contributed by atoms with Crippen molar-refractivity contribution in [3.05, 3.63) is 71.0 Å². The molecule has 0 bridgehead atoms. The number of hydrogen-bond acceptors (Lipinski definition) is 2. The fraction of sp³-hybridized carbons (Fsp3) is 0.278. The fourth-order valence-electron chi connectivity index (χ4n) is 2.29. The van der Waals surface area contributed by atoms with Gasteiger partial charge in [-0.05, 0) is 23.6 Å². The van der Waals surface area contributed by atoms with Crippen LogP contribution in [0.2, 0.25) is 0 Å². The van der Waals surface area contributed by atoms with Crippen LogP contribution in [0.4, 0.5) is 8.78 Å².